The molecule has 0 fully saturated rings. The minimum atomic E-state index is -0.172. The number of imidazole rings is 1. The molecule has 0 saturated carbocycles. The highest BCUT2D eigenvalue weighted by Crippen LogP contribution is 2.18. The van der Waals surface area contributed by atoms with Gasteiger partial charge in [-0.3, -0.25) is 4.79 Å². The first-order chi connectivity index (χ1) is 8.65. The van der Waals surface area contributed by atoms with Crippen LogP contribution in [0.1, 0.15) is 24.7 Å². The molecule has 0 N–H and O–H groups in total. The second-order valence-electron chi connectivity index (χ2n) is 4.34. The number of fused-ring (bicyclic) bond motifs is 1. The van der Waals surface area contributed by atoms with E-state index in [1.807, 2.05) is 19.2 Å². The van der Waals surface area contributed by atoms with Gasteiger partial charge in [0.05, 0.1) is 18.1 Å². The standard InChI is InChI=1S/C14H18N2O2/c1-4-13-15-11-7-5-10(6-8-14(17)18-3)9-12(11)16(13)2/h5,7,9H,4,6,8H2,1-3H3. The van der Waals surface area contributed by atoms with Gasteiger partial charge in [0.2, 0.25) is 0 Å². The predicted molar refractivity (Wildman–Crippen MR) is 70.4 cm³/mol. The fraction of sp³-hybridized carbons (Fsp3) is 0.429. The minimum Gasteiger partial charge on any atom is -0.469 e. The van der Waals surface area contributed by atoms with Crippen LogP contribution in [0.2, 0.25) is 0 Å². The molecule has 18 heavy (non-hydrogen) atoms. The van der Waals surface area contributed by atoms with Crippen LogP contribution in [-0.2, 0) is 29.4 Å². The molecule has 0 aliphatic carbocycles. The van der Waals surface area contributed by atoms with Gasteiger partial charge in [-0.25, -0.2) is 4.98 Å². The van der Waals surface area contributed by atoms with Gasteiger partial charge in [-0.15, -0.1) is 0 Å². The number of hydrogen-bond donors (Lipinski definition) is 0. The lowest BCUT2D eigenvalue weighted by molar-refractivity contribution is -0.140. The Morgan fingerprint density at radius 1 is 1.44 bits per heavy atom. The third-order valence-corrected chi connectivity index (χ3v) is 3.20. The molecular formula is C14H18N2O2. The molecule has 0 saturated heterocycles. The molecule has 1 aromatic carbocycles. The highest BCUT2D eigenvalue weighted by molar-refractivity contribution is 5.77. The van der Waals surface area contributed by atoms with Gasteiger partial charge in [0, 0.05) is 19.9 Å². The Labute approximate surface area is 107 Å². The lowest BCUT2D eigenvalue weighted by Gasteiger charge is -2.02. The highest BCUT2D eigenvalue weighted by Gasteiger charge is 2.07. The first kappa shape index (κ1) is 12.6. The van der Waals surface area contributed by atoms with E-state index in [9.17, 15) is 4.79 Å². The molecule has 0 amide bonds. The average molecular weight is 246 g/mol. The first-order valence-electron chi connectivity index (χ1n) is 6.16. The van der Waals surface area contributed by atoms with Crippen molar-refractivity contribution in [2.24, 2.45) is 7.05 Å². The summed E-state index contributed by atoms with van der Waals surface area (Å²) in [5.41, 5.74) is 3.27. The van der Waals surface area contributed by atoms with Crippen molar-refractivity contribution < 1.29 is 9.53 Å². The van der Waals surface area contributed by atoms with Crippen LogP contribution >= 0.6 is 0 Å². The van der Waals surface area contributed by atoms with Crippen LogP contribution in [-0.4, -0.2) is 22.6 Å². The van der Waals surface area contributed by atoms with Crippen LogP contribution in [0.5, 0.6) is 0 Å². The third kappa shape index (κ3) is 2.37. The monoisotopic (exact) mass is 246 g/mol. The Morgan fingerprint density at radius 2 is 2.22 bits per heavy atom. The van der Waals surface area contributed by atoms with E-state index in [1.54, 1.807) is 0 Å². The molecule has 0 aliphatic rings. The van der Waals surface area contributed by atoms with Gasteiger partial charge in [0.15, 0.2) is 0 Å². The Balaban J connectivity index is 2.26. The number of hydrogen-bond acceptors (Lipinski definition) is 3. The number of aromatic nitrogens is 2. The highest BCUT2D eigenvalue weighted by atomic mass is 16.5. The Kier molecular flexibility index (Phi) is 3.65. The Hall–Kier alpha value is -1.84. The maximum absolute atomic E-state index is 11.1. The molecule has 1 aromatic heterocycles. The van der Waals surface area contributed by atoms with Crippen LogP contribution in [0, 0.1) is 0 Å². The summed E-state index contributed by atoms with van der Waals surface area (Å²) in [6.07, 6.45) is 2.04. The van der Waals surface area contributed by atoms with Crippen molar-refractivity contribution in [2.75, 3.05) is 7.11 Å². The van der Waals surface area contributed by atoms with E-state index in [0.717, 1.165) is 28.8 Å². The number of nitrogens with zero attached hydrogens (tertiary/aromatic N) is 2. The van der Waals surface area contributed by atoms with Crippen LogP contribution in [0.15, 0.2) is 18.2 Å². The van der Waals surface area contributed by atoms with E-state index in [4.69, 9.17) is 0 Å². The summed E-state index contributed by atoms with van der Waals surface area (Å²) in [5, 5.41) is 0. The molecule has 4 heteroatoms. The molecule has 0 bridgehead atoms. The van der Waals surface area contributed by atoms with Gasteiger partial charge < -0.3 is 9.30 Å². The number of aryl methyl sites for hydroxylation is 3. The van der Waals surface area contributed by atoms with E-state index >= 15 is 0 Å². The summed E-state index contributed by atoms with van der Waals surface area (Å²) in [6.45, 7) is 2.10. The van der Waals surface area contributed by atoms with Crippen LogP contribution in [0.25, 0.3) is 11.0 Å². The summed E-state index contributed by atoms with van der Waals surface area (Å²) in [5.74, 6) is 0.907. The van der Waals surface area contributed by atoms with Crippen LogP contribution in [0.4, 0.5) is 0 Å². The van der Waals surface area contributed by atoms with Gasteiger partial charge >= 0.3 is 5.97 Å². The van der Waals surface area contributed by atoms with E-state index in [1.165, 1.54) is 7.11 Å². The number of ether oxygens (including phenoxy) is 1. The van der Waals surface area contributed by atoms with Crippen LogP contribution in [0.3, 0.4) is 0 Å². The SMILES string of the molecule is CCc1nc2ccc(CCC(=O)OC)cc2n1C. The van der Waals surface area contributed by atoms with Crippen molar-refractivity contribution in [2.45, 2.75) is 26.2 Å². The maximum atomic E-state index is 11.1. The van der Waals surface area contributed by atoms with Gasteiger partial charge in [0.1, 0.15) is 5.82 Å². The largest absolute Gasteiger partial charge is 0.469 e. The number of carbonyl (C=O) groups is 1. The summed E-state index contributed by atoms with van der Waals surface area (Å²) in [7, 11) is 3.44. The predicted octanol–water partition coefficient (Wildman–Crippen LogP) is 2.24. The molecule has 2 rings (SSSR count). The second-order valence-corrected chi connectivity index (χ2v) is 4.34. The molecule has 0 atom stereocenters. The number of rotatable bonds is 4. The van der Waals surface area contributed by atoms with Gasteiger partial charge in [-0.2, -0.15) is 0 Å². The van der Waals surface area contributed by atoms with Gasteiger partial charge in [0.25, 0.3) is 0 Å². The lowest BCUT2D eigenvalue weighted by atomic mass is 10.1. The van der Waals surface area contributed by atoms with Crippen molar-refractivity contribution in [3.05, 3.63) is 29.6 Å². The molecule has 0 spiro atoms. The number of esters is 1. The average Bonchev–Trinajstić information content (AvgIpc) is 2.72. The van der Waals surface area contributed by atoms with Crippen molar-refractivity contribution in [1.29, 1.82) is 0 Å². The fourth-order valence-corrected chi connectivity index (χ4v) is 2.11. The number of methoxy groups -OCH3 is 1. The summed E-state index contributed by atoms with van der Waals surface area (Å²) >= 11 is 0. The van der Waals surface area contributed by atoms with Gasteiger partial charge in [-0.05, 0) is 24.1 Å². The summed E-state index contributed by atoms with van der Waals surface area (Å²) in [4.78, 5) is 15.7. The van der Waals surface area contributed by atoms with Crippen molar-refractivity contribution >= 4 is 17.0 Å². The lowest BCUT2D eigenvalue weighted by Crippen LogP contribution is -2.02. The van der Waals surface area contributed by atoms with E-state index in [2.05, 4.69) is 27.3 Å². The summed E-state index contributed by atoms with van der Waals surface area (Å²) in [6, 6.07) is 6.14. The van der Waals surface area contributed by atoms with Crippen molar-refractivity contribution in [1.82, 2.24) is 9.55 Å². The molecule has 1 heterocycles. The molecule has 2 aromatic rings. The number of carbonyl (C=O) groups excluding carboxylic acids is 1. The van der Waals surface area contributed by atoms with Crippen LogP contribution < -0.4 is 0 Å². The Morgan fingerprint density at radius 3 is 2.89 bits per heavy atom. The smallest absolute Gasteiger partial charge is 0.305 e. The Bertz CT molecular complexity index is 572. The first-order valence-corrected chi connectivity index (χ1v) is 6.16. The summed E-state index contributed by atoms with van der Waals surface area (Å²) < 4.78 is 6.76. The fourth-order valence-electron chi connectivity index (χ4n) is 2.11. The molecule has 0 aliphatic heterocycles. The molecule has 0 radical (unpaired) electrons. The molecule has 96 valence electrons. The zero-order valence-corrected chi connectivity index (χ0v) is 11.1. The van der Waals surface area contributed by atoms with E-state index in [-0.39, 0.29) is 5.97 Å². The van der Waals surface area contributed by atoms with Gasteiger partial charge in [-0.1, -0.05) is 13.0 Å². The number of benzene rings is 1. The maximum Gasteiger partial charge on any atom is 0.305 e. The quantitative estimate of drug-likeness (QED) is 0.777. The zero-order chi connectivity index (χ0) is 13.1. The van der Waals surface area contributed by atoms with Crippen molar-refractivity contribution in [3.63, 3.8) is 0 Å². The molecule has 0 unspecified atom stereocenters. The van der Waals surface area contributed by atoms with Crippen molar-refractivity contribution in [3.8, 4) is 0 Å². The molecule has 4 nitrogen and oxygen atoms in total. The van der Waals surface area contributed by atoms with E-state index in [0.29, 0.717) is 12.8 Å². The second kappa shape index (κ2) is 5.21. The third-order valence-electron chi connectivity index (χ3n) is 3.20. The zero-order valence-electron chi connectivity index (χ0n) is 11.1. The molecular weight excluding hydrogens is 228 g/mol. The normalized spacial score (nSPS) is 10.8. The van der Waals surface area contributed by atoms with E-state index < -0.39 is 0 Å². The topological polar surface area (TPSA) is 44.1 Å². The minimum absolute atomic E-state index is 0.172.